The van der Waals surface area contributed by atoms with Gasteiger partial charge in [-0.1, -0.05) is 19.4 Å². The molecule has 0 saturated heterocycles. The van der Waals surface area contributed by atoms with E-state index in [1.165, 1.54) is 0 Å². The molecule has 4 heteroatoms. The van der Waals surface area contributed by atoms with E-state index in [1.807, 2.05) is 13.8 Å². The van der Waals surface area contributed by atoms with Crippen molar-refractivity contribution in [1.29, 1.82) is 0 Å². The Balaban J connectivity index is 2.75. The van der Waals surface area contributed by atoms with Crippen LogP contribution in [0.25, 0.3) is 0 Å². The minimum atomic E-state index is -0.961. The molecule has 1 aromatic carbocycles. The second kappa shape index (κ2) is 6.25. The summed E-state index contributed by atoms with van der Waals surface area (Å²) in [6.45, 7) is 4.27. The van der Waals surface area contributed by atoms with Gasteiger partial charge in [-0.15, -0.1) is 0 Å². The van der Waals surface area contributed by atoms with Crippen LogP contribution in [0, 0.1) is 6.92 Å². The zero-order valence-corrected chi connectivity index (χ0v) is 10.2. The SMILES string of the molecule is CCCC(O)CNc1cc(C)ccc1C(=O)O. The molecule has 1 atom stereocenters. The van der Waals surface area contributed by atoms with Gasteiger partial charge in [0.2, 0.25) is 0 Å². The first-order chi connectivity index (χ1) is 8.04. The summed E-state index contributed by atoms with van der Waals surface area (Å²) in [6.07, 6.45) is 1.17. The fourth-order valence-corrected chi connectivity index (χ4v) is 1.65. The Labute approximate surface area is 101 Å². The van der Waals surface area contributed by atoms with Crippen molar-refractivity contribution in [3.8, 4) is 0 Å². The van der Waals surface area contributed by atoms with Gasteiger partial charge in [-0.2, -0.15) is 0 Å². The van der Waals surface area contributed by atoms with Crippen LogP contribution in [0.3, 0.4) is 0 Å². The van der Waals surface area contributed by atoms with Crippen molar-refractivity contribution >= 4 is 11.7 Å². The third kappa shape index (κ3) is 4.07. The van der Waals surface area contributed by atoms with Crippen molar-refractivity contribution in [2.75, 3.05) is 11.9 Å². The maximum Gasteiger partial charge on any atom is 0.337 e. The molecule has 0 amide bonds. The van der Waals surface area contributed by atoms with E-state index in [4.69, 9.17) is 5.11 Å². The third-order valence-corrected chi connectivity index (χ3v) is 2.56. The van der Waals surface area contributed by atoms with Gasteiger partial charge in [-0.25, -0.2) is 4.79 Å². The summed E-state index contributed by atoms with van der Waals surface area (Å²) < 4.78 is 0. The summed E-state index contributed by atoms with van der Waals surface area (Å²) in [6, 6.07) is 5.12. The third-order valence-electron chi connectivity index (χ3n) is 2.56. The van der Waals surface area contributed by atoms with Crippen molar-refractivity contribution in [2.45, 2.75) is 32.8 Å². The smallest absolute Gasteiger partial charge is 0.337 e. The van der Waals surface area contributed by atoms with Crippen LogP contribution < -0.4 is 5.32 Å². The van der Waals surface area contributed by atoms with Crippen LogP contribution in [-0.2, 0) is 0 Å². The number of aliphatic hydroxyl groups excluding tert-OH is 1. The predicted octanol–water partition coefficient (Wildman–Crippen LogP) is 2.27. The van der Waals surface area contributed by atoms with Gasteiger partial charge in [0.25, 0.3) is 0 Å². The monoisotopic (exact) mass is 237 g/mol. The number of rotatable bonds is 6. The summed E-state index contributed by atoms with van der Waals surface area (Å²) in [5.41, 5.74) is 1.79. The number of carboxylic acid groups (broad SMARTS) is 1. The highest BCUT2D eigenvalue weighted by atomic mass is 16.4. The van der Waals surface area contributed by atoms with Gasteiger partial charge in [0.15, 0.2) is 0 Å². The maximum atomic E-state index is 11.0. The van der Waals surface area contributed by atoms with Crippen LogP contribution in [-0.4, -0.2) is 28.8 Å². The molecule has 0 saturated carbocycles. The fraction of sp³-hybridized carbons (Fsp3) is 0.462. The van der Waals surface area contributed by atoms with Crippen LogP contribution in [0.4, 0.5) is 5.69 Å². The van der Waals surface area contributed by atoms with Crippen LogP contribution in [0.15, 0.2) is 18.2 Å². The topological polar surface area (TPSA) is 69.6 Å². The maximum absolute atomic E-state index is 11.0. The Morgan fingerprint density at radius 2 is 2.18 bits per heavy atom. The van der Waals surface area contributed by atoms with Gasteiger partial charge in [0.1, 0.15) is 0 Å². The Bertz CT molecular complexity index is 390. The predicted molar refractivity (Wildman–Crippen MR) is 67.5 cm³/mol. The molecule has 1 aromatic rings. The van der Waals surface area contributed by atoms with Crippen molar-refractivity contribution in [2.24, 2.45) is 0 Å². The first-order valence-corrected chi connectivity index (χ1v) is 5.80. The summed E-state index contributed by atoms with van der Waals surface area (Å²) in [7, 11) is 0. The number of nitrogens with one attached hydrogen (secondary N) is 1. The van der Waals surface area contributed by atoms with Crippen LogP contribution in [0.1, 0.15) is 35.7 Å². The largest absolute Gasteiger partial charge is 0.478 e. The number of carboxylic acids is 1. The van der Waals surface area contributed by atoms with Crippen LogP contribution >= 0.6 is 0 Å². The average molecular weight is 237 g/mol. The molecule has 0 aliphatic rings. The van der Waals surface area contributed by atoms with E-state index in [1.54, 1.807) is 18.2 Å². The number of anilines is 1. The minimum Gasteiger partial charge on any atom is -0.478 e. The summed E-state index contributed by atoms with van der Waals surface area (Å²) in [5.74, 6) is -0.961. The first kappa shape index (κ1) is 13.5. The van der Waals surface area contributed by atoms with E-state index >= 15 is 0 Å². The molecule has 1 unspecified atom stereocenters. The Kier molecular flexibility index (Phi) is 4.97. The Morgan fingerprint density at radius 1 is 1.47 bits per heavy atom. The van der Waals surface area contributed by atoms with Crippen molar-refractivity contribution in [3.63, 3.8) is 0 Å². The van der Waals surface area contributed by atoms with Crippen molar-refractivity contribution in [1.82, 2.24) is 0 Å². The van der Waals surface area contributed by atoms with Crippen LogP contribution in [0.2, 0.25) is 0 Å². The van der Waals surface area contributed by atoms with Gasteiger partial charge in [-0.3, -0.25) is 0 Å². The number of aromatic carboxylic acids is 1. The first-order valence-electron chi connectivity index (χ1n) is 5.80. The molecule has 0 aromatic heterocycles. The number of hydrogen-bond donors (Lipinski definition) is 3. The molecular weight excluding hydrogens is 218 g/mol. The summed E-state index contributed by atoms with van der Waals surface area (Å²) >= 11 is 0. The molecule has 0 fully saturated rings. The quantitative estimate of drug-likeness (QED) is 0.710. The van der Waals surface area contributed by atoms with Crippen LogP contribution in [0.5, 0.6) is 0 Å². The number of aliphatic hydroxyl groups is 1. The van der Waals surface area contributed by atoms with Gasteiger partial charge in [0.05, 0.1) is 11.7 Å². The number of hydrogen-bond acceptors (Lipinski definition) is 3. The lowest BCUT2D eigenvalue weighted by Gasteiger charge is -2.14. The van der Waals surface area contributed by atoms with E-state index in [0.29, 0.717) is 18.7 Å². The number of benzene rings is 1. The van der Waals surface area contributed by atoms with Gasteiger partial charge < -0.3 is 15.5 Å². The molecule has 17 heavy (non-hydrogen) atoms. The minimum absolute atomic E-state index is 0.235. The molecule has 0 aliphatic carbocycles. The van der Waals surface area contributed by atoms with E-state index < -0.39 is 12.1 Å². The lowest BCUT2D eigenvalue weighted by Crippen LogP contribution is -2.20. The number of aryl methyl sites for hydroxylation is 1. The lowest BCUT2D eigenvalue weighted by atomic mass is 10.1. The van der Waals surface area contributed by atoms with Gasteiger partial charge in [-0.05, 0) is 31.0 Å². The molecule has 1 rings (SSSR count). The summed E-state index contributed by atoms with van der Waals surface area (Å²) in [5, 5.41) is 21.6. The molecule has 0 heterocycles. The van der Waals surface area contributed by atoms with Gasteiger partial charge in [0, 0.05) is 12.2 Å². The van der Waals surface area contributed by atoms with E-state index in [0.717, 1.165) is 12.0 Å². The fourth-order valence-electron chi connectivity index (χ4n) is 1.65. The molecule has 4 nitrogen and oxygen atoms in total. The highest BCUT2D eigenvalue weighted by Gasteiger charge is 2.11. The van der Waals surface area contributed by atoms with E-state index in [9.17, 15) is 9.90 Å². The zero-order valence-electron chi connectivity index (χ0n) is 10.2. The average Bonchev–Trinajstić information content (AvgIpc) is 2.26. The Hall–Kier alpha value is -1.55. The second-order valence-electron chi connectivity index (χ2n) is 4.18. The molecule has 0 bridgehead atoms. The van der Waals surface area contributed by atoms with E-state index in [-0.39, 0.29) is 5.56 Å². The normalized spacial score (nSPS) is 12.2. The highest BCUT2D eigenvalue weighted by Crippen LogP contribution is 2.17. The zero-order chi connectivity index (χ0) is 12.8. The van der Waals surface area contributed by atoms with Crippen molar-refractivity contribution < 1.29 is 15.0 Å². The van der Waals surface area contributed by atoms with Crippen molar-refractivity contribution in [3.05, 3.63) is 29.3 Å². The molecule has 94 valence electrons. The molecule has 0 radical (unpaired) electrons. The summed E-state index contributed by atoms with van der Waals surface area (Å²) in [4.78, 5) is 11.0. The highest BCUT2D eigenvalue weighted by molar-refractivity contribution is 5.94. The van der Waals surface area contributed by atoms with E-state index in [2.05, 4.69) is 5.32 Å². The van der Waals surface area contributed by atoms with Gasteiger partial charge >= 0.3 is 5.97 Å². The molecule has 0 aliphatic heterocycles. The molecule has 0 spiro atoms. The second-order valence-corrected chi connectivity index (χ2v) is 4.18. The lowest BCUT2D eigenvalue weighted by molar-refractivity contribution is 0.0697. The Morgan fingerprint density at radius 3 is 2.76 bits per heavy atom. The number of carbonyl (C=O) groups is 1. The molecular formula is C13H19NO3. The molecule has 3 N–H and O–H groups in total. The standard InChI is InChI=1S/C13H19NO3/c1-3-4-10(15)8-14-12-7-9(2)5-6-11(12)13(16)17/h5-7,10,14-15H,3-4,8H2,1-2H3,(H,16,17).